The molecule has 1 aromatic heterocycles. The minimum absolute atomic E-state index is 0.0791. The molecule has 1 aromatic carbocycles. The molecule has 0 spiro atoms. The van der Waals surface area contributed by atoms with Crippen LogP contribution in [0.1, 0.15) is 31.6 Å². The zero-order chi connectivity index (χ0) is 19.3. The van der Waals surface area contributed by atoms with E-state index in [1.807, 2.05) is 17.0 Å². The van der Waals surface area contributed by atoms with E-state index in [1.165, 1.54) is 0 Å². The normalized spacial score (nSPS) is 18.7. The van der Waals surface area contributed by atoms with Gasteiger partial charge in [0, 0.05) is 42.4 Å². The van der Waals surface area contributed by atoms with Gasteiger partial charge >= 0.3 is 0 Å². The van der Waals surface area contributed by atoms with Crippen LogP contribution in [0.15, 0.2) is 28.8 Å². The highest BCUT2D eigenvalue weighted by molar-refractivity contribution is 6.30. The van der Waals surface area contributed by atoms with Gasteiger partial charge in [-0.25, -0.2) is 0 Å². The smallest absolute Gasteiger partial charge is 0.226 e. The Kier molecular flexibility index (Phi) is 6.24. The summed E-state index contributed by atoms with van der Waals surface area (Å²) in [5.41, 5.74) is 0.855. The Morgan fingerprint density at radius 2 is 1.86 bits per heavy atom. The van der Waals surface area contributed by atoms with Crippen LogP contribution in [0.2, 0.25) is 5.02 Å². The number of carbonyl (C=O) groups is 1. The van der Waals surface area contributed by atoms with Crippen LogP contribution in [-0.4, -0.2) is 53.5 Å². The zero-order valence-corrected chi connectivity index (χ0v) is 16.4. The quantitative estimate of drug-likeness (QED) is 0.733. The molecule has 2 saturated heterocycles. The number of nitrogens with zero attached hydrogens (tertiary/aromatic N) is 3. The number of aromatic nitrogens is 2. The van der Waals surface area contributed by atoms with E-state index >= 15 is 0 Å². The SMILES string of the molecule is O=C(CCCc1nc(-c2ccc(Cl)cc2)no1)N1CCC(C2OCCO2)CC1. The van der Waals surface area contributed by atoms with Crippen molar-refractivity contribution in [2.75, 3.05) is 26.3 Å². The molecule has 2 aliphatic rings. The van der Waals surface area contributed by atoms with Crippen molar-refractivity contribution in [3.05, 3.63) is 35.2 Å². The van der Waals surface area contributed by atoms with Crippen molar-refractivity contribution >= 4 is 17.5 Å². The van der Waals surface area contributed by atoms with Gasteiger partial charge in [-0.15, -0.1) is 0 Å². The van der Waals surface area contributed by atoms with E-state index in [0.29, 0.717) is 55.1 Å². The third-order valence-electron chi connectivity index (χ3n) is 5.28. The zero-order valence-electron chi connectivity index (χ0n) is 15.7. The number of amides is 1. The predicted molar refractivity (Wildman–Crippen MR) is 103 cm³/mol. The molecule has 8 heteroatoms. The van der Waals surface area contributed by atoms with Crippen molar-refractivity contribution in [3.63, 3.8) is 0 Å². The largest absolute Gasteiger partial charge is 0.350 e. The number of halogens is 1. The molecule has 0 saturated carbocycles. The van der Waals surface area contributed by atoms with Crippen LogP contribution < -0.4 is 0 Å². The second-order valence-corrected chi connectivity index (χ2v) is 7.64. The van der Waals surface area contributed by atoms with Crippen LogP contribution >= 0.6 is 11.6 Å². The van der Waals surface area contributed by atoms with Gasteiger partial charge in [-0.1, -0.05) is 16.8 Å². The van der Waals surface area contributed by atoms with Gasteiger partial charge in [0.05, 0.1) is 13.2 Å². The second kappa shape index (κ2) is 9.03. The summed E-state index contributed by atoms with van der Waals surface area (Å²) in [6.45, 7) is 2.90. The summed E-state index contributed by atoms with van der Waals surface area (Å²) < 4.78 is 16.5. The molecule has 0 unspecified atom stereocenters. The maximum Gasteiger partial charge on any atom is 0.226 e. The van der Waals surface area contributed by atoms with Crippen LogP contribution in [0.4, 0.5) is 0 Å². The number of hydrogen-bond donors (Lipinski definition) is 0. The number of likely N-dealkylation sites (tertiary alicyclic amines) is 1. The monoisotopic (exact) mass is 405 g/mol. The van der Waals surface area contributed by atoms with Gasteiger partial charge in [-0.3, -0.25) is 4.79 Å². The third kappa shape index (κ3) is 4.71. The molecule has 0 bridgehead atoms. The first-order chi connectivity index (χ1) is 13.7. The minimum Gasteiger partial charge on any atom is -0.350 e. The Morgan fingerprint density at radius 3 is 2.57 bits per heavy atom. The first kappa shape index (κ1) is 19.4. The molecule has 2 aliphatic heterocycles. The molecule has 2 aromatic rings. The number of benzene rings is 1. The molecular weight excluding hydrogens is 382 g/mol. The molecule has 28 heavy (non-hydrogen) atoms. The summed E-state index contributed by atoms with van der Waals surface area (Å²) in [4.78, 5) is 18.8. The van der Waals surface area contributed by atoms with Gasteiger partial charge in [0.25, 0.3) is 0 Å². The van der Waals surface area contributed by atoms with Crippen LogP contribution in [0.3, 0.4) is 0 Å². The van der Waals surface area contributed by atoms with E-state index in [-0.39, 0.29) is 12.2 Å². The lowest BCUT2D eigenvalue weighted by Crippen LogP contribution is -2.41. The van der Waals surface area contributed by atoms with E-state index in [1.54, 1.807) is 12.1 Å². The first-order valence-electron chi connectivity index (χ1n) is 9.78. The lowest BCUT2D eigenvalue weighted by molar-refractivity contribution is -0.136. The van der Waals surface area contributed by atoms with E-state index < -0.39 is 0 Å². The van der Waals surface area contributed by atoms with Crippen molar-refractivity contribution < 1.29 is 18.8 Å². The maximum atomic E-state index is 12.5. The van der Waals surface area contributed by atoms with E-state index in [4.69, 9.17) is 25.6 Å². The number of hydrogen-bond acceptors (Lipinski definition) is 6. The fraction of sp³-hybridized carbons (Fsp3) is 0.550. The van der Waals surface area contributed by atoms with Crippen molar-refractivity contribution in [2.45, 2.75) is 38.4 Å². The standard InChI is InChI=1S/C20H24ClN3O4/c21-16-6-4-14(5-7-16)19-22-17(28-23-19)2-1-3-18(25)24-10-8-15(9-11-24)20-26-12-13-27-20/h4-7,15,20H,1-3,8-13H2. The minimum atomic E-state index is -0.0791. The number of ether oxygens (including phenoxy) is 2. The van der Waals surface area contributed by atoms with Crippen molar-refractivity contribution in [3.8, 4) is 11.4 Å². The maximum absolute atomic E-state index is 12.5. The summed E-state index contributed by atoms with van der Waals surface area (Å²) in [6, 6.07) is 7.29. The van der Waals surface area contributed by atoms with Gasteiger partial charge in [0.1, 0.15) is 0 Å². The summed E-state index contributed by atoms with van der Waals surface area (Å²) in [5.74, 6) is 1.67. The van der Waals surface area contributed by atoms with Crippen LogP contribution in [0.5, 0.6) is 0 Å². The molecule has 2 fully saturated rings. The molecule has 0 N–H and O–H groups in total. The van der Waals surface area contributed by atoms with Gasteiger partial charge in [0.2, 0.25) is 17.6 Å². The Balaban J connectivity index is 1.20. The fourth-order valence-corrected chi connectivity index (χ4v) is 3.82. The Hall–Kier alpha value is -1.96. The molecule has 7 nitrogen and oxygen atoms in total. The van der Waals surface area contributed by atoms with E-state index in [0.717, 1.165) is 31.5 Å². The van der Waals surface area contributed by atoms with Crippen LogP contribution in [-0.2, 0) is 20.7 Å². The van der Waals surface area contributed by atoms with Gasteiger partial charge in [-0.2, -0.15) is 4.98 Å². The highest BCUT2D eigenvalue weighted by atomic mass is 35.5. The lowest BCUT2D eigenvalue weighted by atomic mass is 9.96. The number of aryl methyl sites for hydroxylation is 1. The molecule has 4 rings (SSSR count). The van der Waals surface area contributed by atoms with Crippen LogP contribution in [0, 0.1) is 5.92 Å². The highest BCUT2D eigenvalue weighted by Crippen LogP contribution is 2.26. The molecule has 1 amide bonds. The molecular formula is C20H24ClN3O4. The fourth-order valence-electron chi connectivity index (χ4n) is 3.69. The van der Waals surface area contributed by atoms with E-state index in [9.17, 15) is 4.79 Å². The molecule has 0 atom stereocenters. The van der Waals surface area contributed by atoms with Crippen LogP contribution in [0.25, 0.3) is 11.4 Å². The number of carbonyl (C=O) groups excluding carboxylic acids is 1. The molecule has 0 aliphatic carbocycles. The summed E-state index contributed by atoms with van der Waals surface area (Å²) >= 11 is 5.89. The molecule has 150 valence electrons. The second-order valence-electron chi connectivity index (χ2n) is 7.20. The van der Waals surface area contributed by atoms with Gasteiger partial charge < -0.3 is 18.9 Å². The summed E-state index contributed by atoms with van der Waals surface area (Å²) in [5, 5.41) is 4.67. The summed E-state index contributed by atoms with van der Waals surface area (Å²) in [7, 11) is 0. The average molecular weight is 406 g/mol. The first-order valence-corrected chi connectivity index (χ1v) is 10.2. The Labute approximate surface area is 168 Å². The van der Waals surface area contributed by atoms with Crippen molar-refractivity contribution in [2.24, 2.45) is 5.92 Å². The lowest BCUT2D eigenvalue weighted by Gasteiger charge is -2.33. The van der Waals surface area contributed by atoms with Gasteiger partial charge in [-0.05, 0) is 43.5 Å². The van der Waals surface area contributed by atoms with Gasteiger partial charge in [0.15, 0.2) is 6.29 Å². The van der Waals surface area contributed by atoms with Crippen molar-refractivity contribution in [1.82, 2.24) is 15.0 Å². The van der Waals surface area contributed by atoms with Crippen molar-refractivity contribution in [1.29, 1.82) is 0 Å². The molecule has 0 radical (unpaired) electrons. The number of rotatable bonds is 6. The predicted octanol–water partition coefficient (Wildman–Crippen LogP) is 3.32. The Morgan fingerprint density at radius 1 is 1.14 bits per heavy atom. The topological polar surface area (TPSA) is 77.7 Å². The van der Waals surface area contributed by atoms with E-state index in [2.05, 4.69) is 10.1 Å². The number of piperidine rings is 1. The Bertz CT molecular complexity index is 781. The highest BCUT2D eigenvalue weighted by Gasteiger charge is 2.31. The molecule has 3 heterocycles. The average Bonchev–Trinajstić information content (AvgIpc) is 3.41. The summed E-state index contributed by atoms with van der Waals surface area (Å²) in [6.07, 6.45) is 3.56. The third-order valence-corrected chi connectivity index (χ3v) is 5.53.